The number of nitrogens with zero attached hydrogens (tertiary/aromatic N) is 1. The maximum atomic E-state index is 13.9. The Balaban J connectivity index is 3.48. The number of carbonyl (C=O) groups is 4. The van der Waals surface area contributed by atoms with E-state index in [2.05, 4.69) is 24.1 Å². The molecule has 0 aromatic heterocycles. The molecule has 1 rings (SSSR count). The summed E-state index contributed by atoms with van der Waals surface area (Å²) in [5.41, 5.74) is 6.96. The zero-order valence-corrected chi connectivity index (χ0v) is 23.2. The predicted molar refractivity (Wildman–Crippen MR) is 145 cm³/mol. The van der Waals surface area contributed by atoms with Gasteiger partial charge >= 0.3 is 6.09 Å². The summed E-state index contributed by atoms with van der Waals surface area (Å²) in [5.74, 6) is -1.47. The summed E-state index contributed by atoms with van der Waals surface area (Å²) in [7, 11) is 0. The first-order valence-corrected chi connectivity index (χ1v) is 12.8. The van der Waals surface area contributed by atoms with Gasteiger partial charge in [0.2, 0.25) is 17.7 Å². The largest absolute Gasteiger partial charge is 0.444 e. The van der Waals surface area contributed by atoms with Crippen LogP contribution in [-0.4, -0.2) is 53.4 Å². The minimum Gasteiger partial charge on any atom is -0.444 e. The Hall–Kier alpha value is -3.36. The van der Waals surface area contributed by atoms with Crippen LogP contribution in [0.1, 0.15) is 82.5 Å². The second-order valence-corrected chi connectivity index (χ2v) is 10.2. The average molecular weight is 517 g/mol. The van der Waals surface area contributed by atoms with Crippen molar-refractivity contribution in [2.24, 2.45) is 5.73 Å². The van der Waals surface area contributed by atoms with Crippen molar-refractivity contribution in [1.82, 2.24) is 15.5 Å². The highest BCUT2D eigenvalue weighted by molar-refractivity contribution is 5.93. The molecule has 37 heavy (non-hydrogen) atoms. The second kappa shape index (κ2) is 15.0. The second-order valence-electron chi connectivity index (χ2n) is 10.2. The van der Waals surface area contributed by atoms with Crippen molar-refractivity contribution in [3.8, 4) is 0 Å². The molecule has 4 amide bonds. The fraction of sp³-hybridized carbons (Fsp3) is 0.571. The Morgan fingerprint density at radius 2 is 1.76 bits per heavy atom. The molecule has 0 aliphatic heterocycles. The highest BCUT2D eigenvalue weighted by Crippen LogP contribution is 2.29. The summed E-state index contributed by atoms with van der Waals surface area (Å²) in [4.78, 5) is 53.0. The standard InChI is InChI=1S/C28H44N4O5/c1-8-10-11-17-30-25(34)24(23-19(3)13-12-14-20(23)4)32(18-9-2)26(35)21(15-16-22(29)33)31-27(36)37-28(5,6)7/h9,12-14,21,24H,2,8,10-11,15-18H2,1,3-7H3,(H2,29,33)(H,30,34)(H,31,36). The number of primary amides is 1. The lowest BCUT2D eigenvalue weighted by Gasteiger charge is -2.35. The number of benzene rings is 1. The average Bonchev–Trinajstić information content (AvgIpc) is 2.79. The molecule has 0 spiro atoms. The highest BCUT2D eigenvalue weighted by atomic mass is 16.6. The first-order valence-electron chi connectivity index (χ1n) is 12.8. The van der Waals surface area contributed by atoms with Crippen LogP contribution >= 0.6 is 0 Å². The minimum absolute atomic E-state index is 0.0430. The van der Waals surface area contributed by atoms with Gasteiger partial charge in [-0.3, -0.25) is 14.4 Å². The van der Waals surface area contributed by atoms with Crippen molar-refractivity contribution in [2.45, 2.75) is 91.3 Å². The van der Waals surface area contributed by atoms with Crippen LogP contribution in [0, 0.1) is 13.8 Å². The van der Waals surface area contributed by atoms with E-state index in [9.17, 15) is 19.2 Å². The third kappa shape index (κ3) is 10.7. The van der Waals surface area contributed by atoms with E-state index in [1.54, 1.807) is 20.8 Å². The Kier molecular flexibility index (Phi) is 12.9. The zero-order valence-electron chi connectivity index (χ0n) is 23.2. The van der Waals surface area contributed by atoms with Gasteiger partial charge in [0, 0.05) is 19.5 Å². The molecule has 9 nitrogen and oxygen atoms in total. The van der Waals surface area contributed by atoms with Crippen LogP contribution in [-0.2, 0) is 19.1 Å². The van der Waals surface area contributed by atoms with E-state index in [1.807, 2.05) is 32.0 Å². The molecule has 0 fully saturated rings. The number of aryl methyl sites for hydroxylation is 2. The number of alkyl carbamates (subject to hydrolysis) is 1. The predicted octanol–water partition coefficient (Wildman–Crippen LogP) is 3.82. The van der Waals surface area contributed by atoms with Crippen LogP contribution in [0.4, 0.5) is 4.79 Å². The van der Waals surface area contributed by atoms with Crippen LogP contribution in [0.2, 0.25) is 0 Å². The molecular weight excluding hydrogens is 472 g/mol. The molecule has 1 aromatic carbocycles. The lowest BCUT2D eigenvalue weighted by atomic mass is 9.93. The first-order chi connectivity index (χ1) is 17.3. The van der Waals surface area contributed by atoms with Gasteiger partial charge in [0.15, 0.2) is 0 Å². The van der Waals surface area contributed by atoms with Gasteiger partial charge in [-0.2, -0.15) is 0 Å². The monoisotopic (exact) mass is 516 g/mol. The molecule has 0 saturated heterocycles. The van der Waals surface area contributed by atoms with E-state index in [0.717, 1.165) is 30.4 Å². The van der Waals surface area contributed by atoms with Crippen molar-refractivity contribution in [1.29, 1.82) is 0 Å². The lowest BCUT2D eigenvalue weighted by Crippen LogP contribution is -2.53. The summed E-state index contributed by atoms with van der Waals surface area (Å²) in [6, 6.07) is 3.57. The Bertz CT molecular complexity index is 934. The van der Waals surface area contributed by atoms with Gasteiger partial charge in [-0.15, -0.1) is 6.58 Å². The van der Waals surface area contributed by atoms with E-state index in [4.69, 9.17) is 10.5 Å². The molecule has 2 unspecified atom stereocenters. The van der Waals surface area contributed by atoms with Crippen LogP contribution in [0.25, 0.3) is 0 Å². The number of nitrogens with one attached hydrogen (secondary N) is 2. The molecule has 0 bridgehead atoms. The topological polar surface area (TPSA) is 131 Å². The summed E-state index contributed by atoms with van der Waals surface area (Å²) in [5, 5.41) is 5.55. The minimum atomic E-state index is -1.14. The Morgan fingerprint density at radius 1 is 1.14 bits per heavy atom. The van der Waals surface area contributed by atoms with E-state index < -0.39 is 35.6 Å². The SMILES string of the molecule is C=CCN(C(=O)C(CCC(N)=O)NC(=O)OC(C)(C)C)C(C(=O)NCCCCC)c1c(C)cccc1C. The van der Waals surface area contributed by atoms with Crippen molar-refractivity contribution in [3.05, 3.63) is 47.5 Å². The van der Waals surface area contributed by atoms with E-state index in [-0.39, 0.29) is 25.3 Å². The van der Waals surface area contributed by atoms with Gasteiger partial charge in [0.1, 0.15) is 17.7 Å². The molecule has 4 N–H and O–H groups in total. The van der Waals surface area contributed by atoms with Crippen molar-refractivity contribution >= 4 is 23.8 Å². The molecule has 206 valence electrons. The number of unbranched alkanes of at least 4 members (excludes halogenated alkanes) is 2. The summed E-state index contributed by atoms with van der Waals surface area (Å²) >= 11 is 0. The Labute approximate surface area is 221 Å². The number of carbonyl (C=O) groups excluding carboxylic acids is 4. The van der Waals surface area contributed by atoms with Crippen molar-refractivity contribution in [2.75, 3.05) is 13.1 Å². The molecule has 0 aliphatic rings. The smallest absolute Gasteiger partial charge is 0.408 e. The van der Waals surface area contributed by atoms with Crippen molar-refractivity contribution in [3.63, 3.8) is 0 Å². The molecule has 0 radical (unpaired) electrons. The van der Waals surface area contributed by atoms with E-state index in [1.165, 1.54) is 11.0 Å². The van der Waals surface area contributed by atoms with Gasteiger partial charge in [0.05, 0.1) is 0 Å². The fourth-order valence-corrected chi connectivity index (χ4v) is 4.03. The number of nitrogens with two attached hydrogens (primary N) is 1. The highest BCUT2D eigenvalue weighted by Gasteiger charge is 2.37. The molecule has 2 atom stereocenters. The summed E-state index contributed by atoms with van der Waals surface area (Å²) in [6.07, 6.45) is 3.35. The van der Waals surface area contributed by atoms with Crippen LogP contribution in [0.15, 0.2) is 30.9 Å². The molecule has 9 heteroatoms. The summed E-state index contributed by atoms with van der Waals surface area (Å²) < 4.78 is 5.34. The number of ether oxygens (including phenoxy) is 1. The Morgan fingerprint density at radius 3 is 2.27 bits per heavy atom. The van der Waals surface area contributed by atoms with Crippen LogP contribution in [0.5, 0.6) is 0 Å². The maximum Gasteiger partial charge on any atom is 0.408 e. The molecule has 1 aromatic rings. The summed E-state index contributed by atoms with van der Waals surface area (Å²) in [6.45, 7) is 15.3. The first kappa shape index (κ1) is 31.7. The van der Waals surface area contributed by atoms with Gasteiger partial charge in [-0.25, -0.2) is 4.79 Å². The van der Waals surface area contributed by atoms with Gasteiger partial charge in [-0.1, -0.05) is 44.0 Å². The lowest BCUT2D eigenvalue weighted by molar-refractivity contribution is -0.142. The number of hydrogen-bond acceptors (Lipinski definition) is 5. The van der Waals surface area contributed by atoms with Gasteiger partial charge in [0.25, 0.3) is 0 Å². The third-order valence-electron chi connectivity index (χ3n) is 5.73. The molecule has 0 heterocycles. The molecule has 0 aliphatic carbocycles. The number of hydrogen-bond donors (Lipinski definition) is 3. The van der Waals surface area contributed by atoms with Crippen LogP contribution < -0.4 is 16.4 Å². The number of rotatable bonds is 14. The normalized spacial score (nSPS) is 12.7. The van der Waals surface area contributed by atoms with E-state index in [0.29, 0.717) is 12.1 Å². The van der Waals surface area contributed by atoms with Gasteiger partial charge in [-0.05, 0) is 64.2 Å². The number of amides is 4. The van der Waals surface area contributed by atoms with Crippen molar-refractivity contribution < 1.29 is 23.9 Å². The van der Waals surface area contributed by atoms with Crippen LogP contribution in [0.3, 0.4) is 0 Å². The molecule has 0 saturated carbocycles. The zero-order chi connectivity index (χ0) is 28.2. The maximum absolute atomic E-state index is 13.9. The van der Waals surface area contributed by atoms with E-state index >= 15 is 0 Å². The molecular formula is C28H44N4O5. The third-order valence-corrected chi connectivity index (χ3v) is 5.73. The fourth-order valence-electron chi connectivity index (χ4n) is 4.03. The van der Waals surface area contributed by atoms with Gasteiger partial charge < -0.3 is 26.0 Å². The quantitative estimate of drug-likeness (QED) is 0.256.